The van der Waals surface area contributed by atoms with Gasteiger partial charge in [-0.3, -0.25) is 0 Å². The van der Waals surface area contributed by atoms with Crippen LogP contribution in [0.4, 0.5) is 5.69 Å². The van der Waals surface area contributed by atoms with E-state index in [4.69, 9.17) is 9.47 Å². The Morgan fingerprint density at radius 1 is 1.26 bits per heavy atom. The van der Waals surface area contributed by atoms with Crippen LogP contribution in [0.5, 0.6) is 16.7 Å². The van der Waals surface area contributed by atoms with Gasteiger partial charge >= 0.3 is 0 Å². The van der Waals surface area contributed by atoms with E-state index in [1.54, 1.807) is 13.4 Å². The number of aliphatic imine (C=N–C) groups is 1. The van der Waals surface area contributed by atoms with E-state index in [2.05, 4.69) is 15.2 Å². The minimum atomic E-state index is 0.550. The zero-order valence-corrected chi connectivity index (χ0v) is 14.6. The van der Waals surface area contributed by atoms with E-state index in [-0.39, 0.29) is 0 Å². The Bertz CT molecular complexity index is 723. The quantitative estimate of drug-likeness (QED) is 0.595. The Kier molecular flexibility index (Phi) is 4.47. The Labute approximate surface area is 139 Å². The van der Waals surface area contributed by atoms with Gasteiger partial charge in [0.1, 0.15) is 5.01 Å². The fraction of sp³-hybridized carbons (Fsp3) is 0.438. The van der Waals surface area contributed by atoms with Gasteiger partial charge < -0.3 is 14.4 Å². The molecule has 7 heteroatoms. The van der Waals surface area contributed by atoms with Crippen molar-refractivity contribution in [3.05, 3.63) is 22.7 Å². The lowest BCUT2D eigenvalue weighted by Crippen LogP contribution is -2.07. The van der Waals surface area contributed by atoms with Gasteiger partial charge in [-0.15, -0.1) is 5.10 Å². The maximum atomic E-state index is 5.88. The molecule has 1 saturated carbocycles. The molecule has 1 aromatic carbocycles. The first-order chi connectivity index (χ1) is 11.1. The molecule has 0 amide bonds. The minimum Gasteiger partial charge on any atom is -0.493 e. The van der Waals surface area contributed by atoms with Gasteiger partial charge in [0.25, 0.3) is 5.19 Å². The molecule has 1 aliphatic rings. The van der Waals surface area contributed by atoms with Crippen LogP contribution in [0.1, 0.15) is 29.3 Å². The molecule has 3 rings (SSSR count). The summed E-state index contributed by atoms with van der Waals surface area (Å²) in [7, 11) is 5.48. The van der Waals surface area contributed by atoms with Crippen molar-refractivity contribution in [1.82, 2.24) is 15.1 Å². The highest BCUT2D eigenvalue weighted by molar-refractivity contribution is 7.13. The summed E-state index contributed by atoms with van der Waals surface area (Å²) in [4.78, 5) is 6.32. The van der Waals surface area contributed by atoms with Gasteiger partial charge in [-0.05, 0) is 31.4 Å². The summed E-state index contributed by atoms with van der Waals surface area (Å²) >= 11 is 1.51. The molecule has 0 unspecified atom stereocenters. The molecular formula is C16H20N4O2S. The smallest absolute Gasteiger partial charge is 0.299 e. The lowest BCUT2D eigenvalue weighted by molar-refractivity contribution is 0.377. The summed E-state index contributed by atoms with van der Waals surface area (Å²) in [6.07, 6.45) is 4.17. The molecule has 0 radical (unpaired) electrons. The molecule has 0 N–H and O–H groups in total. The Balaban J connectivity index is 1.84. The van der Waals surface area contributed by atoms with E-state index in [1.807, 2.05) is 38.1 Å². The van der Waals surface area contributed by atoms with Crippen LogP contribution < -0.4 is 9.47 Å². The van der Waals surface area contributed by atoms with Gasteiger partial charge in [0.05, 0.1) is 19.1 Å². The van der Waals surface area contributed by atoms with Crippen molar-refractivity contribution in [2.75, 3.05) is 21.2 Å². The highest BCUT2D eigenvalue weighted by Gasteiger charge is 2.28. The van der Waals surface area contributed by atoms with Crippen molar-refractivity contribution < 1.29 is 9.47 Å². The molecule has 1 aliphatic carbocycles. The summed E-state index contributed by atoms with van der Waals surface area (Å²) in [6.45, 7) is 1.99. The minimum absolute atomic E-state index is 0.550. The number of benzene rings is 1. The van der Waals surface area contributed by atoms with Gasteiger partial charge in [-0.25, -0.2) is 4.99 Å². The van der Waals surface area contributed by atoms with Crippen LogP contribution in [0.2, 0.25) is 0 Å². The van der Waals surface area contributed by atoms with Crippen LogP contribution >= 0.6 is 11.3 Å². The van der Waals surface area contributed by atoms with Crippen molar-refractivity contribution >= 4 is 23.4 Å². The normalized spacial score (nSPS) is 14.3. The molecule has 23 heavy (non-hydrogen) atoms. The van der Waals surface area contributed by atoms with E-state index in [9.17, 15) is 0 Å². The first-order valence-corrected chi connectivity index (χ1v) is 8.29. The third-order valence-electron chi connectivity index (χ3n) is 3.46. The number of aryl methyl sites for hydroxylation is 1. The van der Waals surface area contributed by atoms with Gasteiger partial charge in [0.2, 0.25) is 0 Å². The van der Waals surface area contributed by atoms with Gasteiger partial charge in [0, 0.05) is 26.1 Å². The molecule has 0 atom stereocenters. The van der Waals surface area contributed by atoms with Gasteiger partial charge in [-0.2, -0.15) is 0 Å². The van der Waals surface area contributed by atoms with Gasteiger partial charge in [-0.1, -0.05) is 16.4 Å². The molecule has 2 aromatic rings. The average Bonchev–Trinajstić information content (AvgIpc) is 3.26. The summed E-state index contributed by atoms with van der Waals surface area (Å²) in [6, 6.07) is 3.78. The summed E-state index contributed by atoms with van der Waals surface area (Å²) in [5.41, 5.74) is 1.85. The Morgan fingerprint density at radius 3 is 2.70 bits per heavy atom. The lowest BCUT2D eigenvalue weighted by atomic mass is 10.2. The molecular weight excluding hydrogens is 312 g/mol. The molecule has 122 valence electrons. The second-order valence-corrected chi connectivity index (χ2v) is 6.75. The van der Waals surface area contributed by atoms with Crippen molar-refractivity contribution in [2.45, 2.75) is 25.7 Å². The number of hydrogen-bond acceptors (Lipinski definition) is 6. The summed E-state index contributed by atoms with van der Waals surface area (Å²) in [5.74, 6) is 1.84. The zero-order chi connectivity index (χ0) is 16.4. The Morgan fingerprint density at radius 2 is 2.04 bits per heavy atom. The number of hydrogen-bond donors (Lipinski definition) is 0. The first-order valence-electron chi connectivity index (χ1n) is 7.47. The van der Waals surface area contributed by atoms with Gasteiger partial charge in [0.15, 0.2) is 11.5 Å². The monoisotopic (exact) mass is 332 g/mol. The molecule has 1 aromatic heterocycles. The molecule has 1 heterocycles. The molecule has 1 fully saturated rings. The van der Waals surface area contributed by atoms with Crippen molar-refractivity contribution in [3.8, 4) is 16.7 Å². The van der Waals surface area contributed by atoms with E-state index >= 15 is 0 Å². The van der Waals surface area contributed by atoms with E-state index in [0.717, 1.165) is 16.3 Å². The first kappa shape index (κ1) is 15.7. The maximum absolute atomic E-state index is 5.88. The predicted octanol–water partition coefficient (Wildman–Crippen LogP) is 3.75. The fourth-order valence-corrected chi connectivity index (χ4v) is 2.93. The molecule has 0 bridgehead atoms. The number of ether oxygens (including phenoxy) is 2. The standard InChI is InChI=1S/C16H20N4O2S/c1-10-7-14(13(21-4)8-12(10)17-9-20(2)3)22-16-19-18-15(23-16)11-5-6-11/h7-9,11H,5-6H2,1-4H3. The van der Waals surface area contributed by atoms with Crippen molar-refractivity contribution in [3.63, 3.8) is 0 Å². The number of methoxy groups -OCH3 is 1. The molecule has 0 spiro atoms. The summed E-state index contributed by atoms with van der Waals surface area (Å²) < 4.78 is 11.3. The van der Waals surface area contributed by atoms with Crippen molar-refractivity contribution in [2.24, 2.45) is 4.99 Å². The third-order valence-corrected chi connectivity index (χ3v) is 4.42. The zero-order valence-electron chi connectivity index (χ0n) is 13.7. The molecule has 6 nitrogen and oxygen atoms in total. The van der Waals surface area contributed by atoms with E-state index in [1.165, 1.54) is 24.2 Å². The largest absolute Gasteiger partial charge is 0.493 e. The Hall–Kier alpha value is -2.15. The van der Waals surface area contributed by atoms with Crippen LogP contribution in [-0.4, -0.2) is 42.6 Å². The molecule has 0 saturated heterocycles. The number of rotatable bonds is 6. The van der Waals surface area contributed by atoms with E-state index < -0.39 is 0 Å². The van der Waals surface area contributed by atoms with Crippen LogP contribution in [0, 0.1) is 6.92 Å². The highest BCUT2D eigenvalue weighted by atomic mass is 32.1. The number of nitrogens with zero attached hydrogens (tertiary/aromatic N) is 4. The third kappa shape index (κ3) is 3.79. The summed E-state index contributed by atoms with van der Waals surface area (Å²) in [5, 5.41) is 9.91. The molecule has 0 aliphatic heterocycles. The van der Waals surface area contributed by atoms with E-state index in [0.29, 0.717) is 22.6 Å². The fourth-order valence-electron chi connectivity index (χ4n) is 2.06. The van der Waals surface area contributed by atoms with Crippen LogP contribution in [0.3, 0.4) is 0 Å². The SMILES string of the molecule is COc1cc(N=CN(C)C)c(C)cc1Oc1nnc(C2CC2)s1. The second-order valence-electron chi connectivity index (χ2n) is 5.78. The average molecular weight is 332 g/mol. The number of aromatic nitrogens is 2. The second kappa shape index (κ2) is 6.54. The maximum Gasteiger partial charge on any atom is 0.299 e. The van der Waals surface area contributed by atoms with Crippen molar-refractivity contribution in [1.29, 1.82) is 0 Å². The van der Waals surface area contributed by atoms with Crippen LogP contribution in [-0.2, 0) is 0 Å². The van der Waals surface area contributed by atoms with Crippen LogP contribution in [0.25, 0.3) is 0 Å². The predicted molar refractivity (Wildman–Crippen MR) is 91.5 cm³/mol. The lowest BCUT2D eigenvalue weighted by Gasteiger charge is -2.11. The topological polar surface area (TPSA) is 59.8 Å². The van der Waals surface area contributed by atoms with Crippen LogP contribution in [0.15, 0.2) is 17.1 Å². The highest BCUT2D eigenvalue weighted by Crippen LogP contribution is 2.44.